The molecule has 1 aromatic rings. The lowest BCUT2D eigenvalue weighted by molar-refractivity contribution is -0.142. The van der Waals surface area contributed by atoms with Crippen molar-refractivity contribution in [2.75, 3.05) is 31.6 Å². The number of carbonyl (C=O) groups is 1. The third kappa shape index (κ3) is 4.45. The van der Waals surface area contributed by atoms with Crippen LogP contribution in [0.1, 0.15) is 32.4 Å². The summed E-state index contributed by atoms with van der Waals surface area (Å²) < 4.78 is 4.93. The fourth-order valence-corrected chi connectivity index (χ4v) is 3.24. The van der Waals surface area contributed by atoms with E-state index in [1.54, 1.807) is 11.3 Å². The van der Waals surface area contributed by atoms with Crippen LogP contribution in [-0.4, -0.2) is 48.1 Å². The molecule has 20 heavy (non-hydrogen) atoms. The number of likely N-dealkylation sites (tertiary alicyclic amines) is 1. The maximum absolute atomic E-state index is 11.4. The Labute approximate surface area is 124 Å². The average molecular weight is 297 g/mol. The highest BCUT2D eigenvalue weighted by atomic mass is 32.1. The number of rotatable bonds is 6. The van der Waals surface area contributed by atoms with Crippen molar-refractivity contribution in [3.05, 3.63) is 11.1 Å². The molecule has 0 spiro atoms. The zero-order valence-corrected chi connectivity index (χ0v) is 13.0. The number of hydrogen-bond donors (Lipinski definition) is 1. The van der Waals surface area contributed by atoms with Crippen molar-refractivity contribution in [2.45, 2.75) is 39.2 Å². The standard InChI is InChI=1S/C14H23N3O2S/c1-3-17-7-5-6-11(9-17)15-14-16-12(10-20-14)8-13(18)19-4-2/h10-11H,3-9H2,1-2H3,(H,15,16). The van der Waals surface area contributed by atoms with Crippen LogP contribution in [0.5, 0.6) is 0 Å². The van der Waals surface area contributed by atoms with Gasteiger partial charge in [-0.1, -0.05) is 6.92 Å². The van der Waals surface area contributed by atoms with E-state index in [2.05, 4.69) is 22.1 Å². The summed E-state index contributed by atoms with van der Waals surface area (Å²) in [6.07, 6.45) is 2.67. The number of esters is 1. The molecular weight excluding hydrogens is 274 g/mol. The highest BCUT2D eigenvalue weighted by molar-refractivity contribution is 7.13. The average Bonchev–Trinajstić information content (AvgIpc) is 2.86. The van der Waals surface area contributed by atoms with Crippen LogP contribution in [0.3, 0.4) is 0 Å². The number of nitrogens with zero attached hydrogens (tertiary/aromatic N) is 2. The zero-order valence-electron chi connectivity index (χ0n) is 12.2. The molecule has 1 saturated heterocycles. The van der Waals surface area contributed by atoms with Crippen LogP contribution < -0.4 is 5.32 Å². The van der Waals surface area contributed by atoms with Gasteiger partial charge in [0, 0.05) is 18.0 Å². The van der Waals surface area contributed by atoms with Crippen molar-refractivity contribution >= 4 is 22.4 Å². The maximum atomic E-state index is 11.4. The first kappa shape index (κ1) is 15.3. The SMILES string of the molecule is CCOC(=O)Cc1csc(NC2CCCN(CC)C2)n1. The van der Waals surface area contributed by atoms with Gasteiger partial charge in [0.2, 0.25) is 0 Å². The number of likely N-dealkylation sites (N-methyl/N-ethyl adjacent to an activating group) is 1. The van der Waals surface area contributed by atoms with Gasteiger partial charge >= 0.3 is 5.97 Å². The minimum absolute atomic E-state index is 0.209. The summed E-state index contributed by atoms with van der Waals surface area (Å²) in [6.45, 7) is 7.80. The molecule has 0 bridgehead atoms. The van der Waals surface area contributed by atoms with Gasteiger partial charge in [-0.2, -0.15) is 0 Å². The first-order valence-corrected chi connectivity index (χ1v) is 8.18. The molecule has 0 radical (unpaired) electrons. The lowest BCUT2D eigenvalue weighted by Gasteiger charge is -2.32. The summed E-state index contributed by atoms with van der Waals surface area (Å²) in [5.41, 5.74) is 0.791. The highest BCUT2D eigenvalue weighted by Crippen LogP contribution is 2.20. The molecule has 0 aromatic carbocycles. The second-order valence-electron chi connectivity index (χ2n) is 5.00. The van der Waals surface area contributed by atoms with Crippen molar-refractivity contribution in [1.82, 2.24) is 9.88 Å². The van der Waals surface area contributed by atoms with E-state index >= 15 is 0 Å². The zero-order chi connectivity index (χ0) is 14.4. The van der Waals surface area contributed by atoms with Gasteiger partial charge in [0.25, 0.3) is 0 Å². The molecule has 1 fully saturated rings. The number of ether oxygens (including phenoxy) is 1. The van der Waals surface area contributed by atoms with Crippen LogP contribution in [0.4, 0.5) is 5.13 Å². The van der Waals surface area contributed by atoms with E-state index < -0.39 is 0 Å². The summed E-state index contributed by atoms with van der Waals surface area (Å²) in [5, 5.41) is 6.32. The van der Waals surface area contributed by atoms with Crippen LogP contribution in [0.25, 0.3) is 0 Å². The van der Waals surface area contributed by atoms with Gasteiger partial charge in [-0.25, -0.2) is 4.98 Å². The maximum Gasteiger partial charge on any atom is 0.311 e. The Bertz CT molecular complexity index is 436. The smallest absolute Gasteiger partial charge is 0.311 e. The predicted octanol–water partition coefficient (Wildman–Crippen LogP) is 2.14. The minimum Gasteiger partial charge on any atom is -0.466 e. The lowest BCUT2D eigenvalue weighted by Crippen LogP contribution is -2.41. The van der Waals surface area contributed by atoms with Crippen LogP contribution in [0.15, 0.2) is 5.38 Å². The number of piperidine rings is 1. The lowest BCUT2D eigenvalue weighted by atomic mass is 10.1. The summed E-state index contributed by atoms with van der Waals surface area (Å²) >= 11 is 1.56. The van der Waals surface area contributed by atoms with E-state index in [0.717, 1.165) is 23.9 Å². The molecule has 2 rings (SSSR count). The van der Waals surface area contributed by atoms with Gasteiger partial charge in [-0.3, -0.25) is 4.79 Å². The molecule has 1 N–H and O–H groups in total. The number of nitrogens with one attached hydrogen (secondary N) is 1. The number of carbonyl (C=O) groups excluding carboxylic acids is 1. The molecule has 0 amide bonds. The first-order valence-electron chi connectivity index (χ1n) is 7.30. The van der Waals surface area contributed by atoms with E-state index in [1.165, 1.54) is 19.4 Å². The van der Waals surface area contributed by atoms with E-state index in [9.17, 15) is 4.79 Å². The normalized spacial score (nSPS) is 19.8. The minimum atomic E-state index is -0.209. The number of hydrogen-bond acceptors (Lipinski definition) is 6. The van der Waals surface area contributed by atoms with E-state index in [1.807, 2.05) is 12.3 Å². The number of thiazole rings is 1. The molecule has 0 aliphatic carbocycles. The number of anilines is 1. The second-order valence-corrected chi connectivity index (χ2v) is 5.86. The Morgan fingerprint density at radius 1 is 1.60 bits per heavy atom. The quantitative estimate of drug-likeness (QED) is 0.815. The first-order chi connectivity index (χ1) is 9.71. The van der Waals surface area contributed by atoms with E-state index in [4.69, 9.17) is 4.74 Å². The third-order valence-electron chi connectivity index (χ3n) is 3.46. The molecule has 0 saturated carbocycles. The van der Waals surface area contributed by atoms with Crippen LogP contribution in [-0.2, 0) is 16.0 Å². The molecule has 1 atom stereocenters. The largest absolute Gasteiger partial charge is 0.466 e. The van der Waals surface area contributed by atoms with Crippen LogP contribution >= 0.6 is 11.3 Å². The Balaban J connectivity index is 1.84. The molecular formula is C14H23N3O2S. The molecule has 1 aromatic heterocycles. The van der Waals surface area contributed by atoms with Gasteiger partial charge in [-0.15, -0.1) is 11.3 Å². The van der Waals surface area contributed by atoms with E-state index in [-0.39, 0.29) is 12.4 Å². The van der Waals surface area contributed by atoms with E-state index in [0.29, 0.717) is 12.6 Å². The van der Waals surface area contributed by atoms with Gasteiger partial charge < -0.3 is 15.0 Å². The summed E-state index contributed by atoms with van der Waals surface area (Å²) in [6, 6.07) is 0.463. The summed E-state index contributed by atoms with van der Waals surface area (Å²) in [7, 11) is 0. The highest BCUT2D eigenvalue weighted by Gasteiger charge is 2.19. The fourth-order valence-electron chi connectivity index (χ4n) is 2.45. The fraction of sp³-hybridized carbons (Fsp3) is 0.714. The monoisotopic (exact) mass is 297 g/mol. The molecule has 5 nitrogen and oxygen atoms in total. The van der Waals surface area contributed by atoms with Crippen molar-refractivity contribution in [3.8, 4) is 0 Å². The topological polar surface area (TPSA) is 54.5 Å². The second kappa shape index (κ2) is 7.59. The predicted molar refractivity (Wildman–Crippen MR) is 81.2 cm³/mol. The Morgan fingerprint density at radius 3 is 3.20 bits per heavy atom. The molecule has 2 heterocycles. The molecule has 1 unspecified atom stereocenters. The van der Waals surface area contributed by atoms with Crippen LogP contribution in [0, 0.1) is 0 Å². The molecule has 6 heteroatoms. The van der Waals surface area contributed by atoms with Crippen molar-refractivity contribution in [1.29, 1.82) is 0 Å². The van der Waals surface area contributed by atoms with Crippen LogP contribution in [0.2, 0.25) is 0 Å². The third-order valence-corrected chi connectivity index (χ3v) is 4.29. The van der Waals surface area contributed by atoms with Gasteiger partial charge in [0.1, 0.15) is 0 Å². The van der Waals surface area contributed by atoms with Gasteiger partial charge in [-0.05, 0) is 32.9 Å². The van der Waals surface area contributed by atoms with Crippen molar-refractivity contribution < 1.29 is 9.53 Å². The van der Waals surface area contributed by atoms with Crippen molar-refractivity contribution in [2.24, 2.45) is 0 Å². The molecule has 1 aliphatic rings. The molecule has 1 aliphatic heterocycles. The van der Waals surface area contributed by atoms with Gasteiger partial charge in [0.05, 0.1) is 18.7 Å². The Hall–Kier alpha value is -1.14. The summed E-state index contributed by atoms with van der Waals surface area (Å²) in [5.74, 6) is -0.209. The summed E-state index contributed by atoms with van der Waals surface area (Å²) in [4.78, 5) is 18.3. The Kier molecular flexibility index (Phi) is 5.79. The van der Waals surface area contributed by atoms with Gasteiger partial charge in [0.15, 0.2) is 5.13 Å². The van der Waals surface area contributed by atoms with Crippen molar-refractivity contribution in [3.63, 3.8) is 0 Å². The number of aromatic nitrogens is 1. The Morgan fingerprint density at radius 2 is 2.45 bits per heavy atom. The molecule has 112 valence electrons.